The fourth-order valence-corrected chi connectivity index (χ4v) is 2.79. The number of pyridine rings is 1. The highest BCUT2D eigenvalue weighted by molar-refractivity contribution is 5.96. The maximum Gasteiger partial charge on any atom is 0.269 e. The van der Waals surface area contributed by atoms with Gasteiger partial charge in [-0.25, -0.2) is 0 Å². The number of amides is 2. The van der Waals surface area contributed by atoms with E-state index in [4.69, 9.17) is 0 Å². The molecule has 2 amide bonds. The van der Waals surface area contributed by atoms with Crippen molar-refractivity contribution in [2.75, 3.05) is 13.1 Å². The molecule has 0 atom stereocenters. The van der Waals surface area contributed by atoms with Crippen LogP contribution in [0.15, 0.2) is 79.0 Å². The molecule has 0 radical (unpaired) electrons. The summed E-state index contributed by atoms with van der Waals surface area (Å²) in [6, 6.07) is 23.1. The summed E-state index contributed by atoms with van der Waals surface area (Å²) in [4.78, 5) is 28.5. The molecule has 1 heterocycles. The number of hydrogen-bond donors (Lipinski definition) is 2. The number of aromatic nitrogens is 1. The molecule has 5 heteroatoms. The Morgan fingerprint density at radius 3 is 1.71 bits per heavy atom. The SMILES string of the molecule is O=C(NCCc1ccccc1)c1ccc(C(=O)NCCc2ccccc2)nc1. The first-order chi connectivity index (χ1) is 13.7. The number of carbonyl (C=O) groups is 2. The third-order valence-electron chi connectivity index (χ3n) is 4.34. The van der Waals surface area contributed by atoms with Crippen molar-refractivity contribution >= 4 is 11.8 Å². The fourth-order valence-electron chi connectivity index (χ4n) is 2.79. The van der Waals surface area contributed by atoms with Gasteiger partial charge in [-0.3, -0.25) is 14.6 Å². The Kier molecular flexibility index (Phi) is 6.90. The summed E-state index contributed by atoms with van der Waals surface area (Å²) in [7, 11) is 0. The van der Waals surface area contributed by atoms with Crippen LogP contribution >= 0.6 is 0 Å². The van der Waals surface area contributed by atoms with Crippen molar-refractivity contribution in [1.82, 2.24) is 15.6 Å². The van der Waals surface area contributed by atoms with Crippen molar-refractivity contribution in [3.63, 3.8) is 0 Å². The topological polar surface area (TPSA) is 71.1 Å². The highest BCUT2D eigenvalue weighted by atomic mass is 16.2. The van der Waals surface area contributed by atoms with Crippen LogP contribution in [-0.4, -0.2) is 29.9 Å². The molecule has 0 saturated carbocycles. The van der Waals surface area contributed by atoms with E-state index in [1.54, 1.807) is 12.1 Å². The molecule has 2 N–H and O–H groups in total. The zero-order valence-electron chi connectivity index (χ0n) is 15.6. The maximum atomic E-state index is 12.2. The monoisotopic (exact) mass is 373 g/mol. The molecule has 0 aliphatic rings. The second-order valence-corrected chi connectivity index (χ2v) is 6.42. The van der Waals surface area contributed by atoms with Crippen molar-refractivity contribution in [3.8, 4) is 0 Å². The van der Waals surface area contributed by atoms with Crippen molar-refractivity contribution in [3.05, 3.63) is 101 Å². The third-order valence-corrected chi connectivity index (χ3v) is 4.34. The van der Waals surface area contributed by atoms with Crippen molar-refractivity contribution in [2.24, 2.45) is 0 Å². The van der Waals surface area contributed by atoms with Crippen LogP contribution in [0, 0.1) is 0 Å². The van der Waals surface area contributed by atoms with Crippen LogP contribution in [0.25, 0.3) is 0 Å². The first-order valence-electron chi connectivity index (χ1n) is 9.32. The molecule has 28 heavy (non-hydrogen) atoms. The van der Waals surface area contributed by atoms with E-state index in [-0.39, 0.29) is 11.8 Å². The molecule has 1 aromatic heterocycles. The predicted molar refractivity (Wildman–Crippen MR) is 109 cm³/mol. The van der Waals surface area contributed by atoms with E-state index >= 15 is 0 Å². The van der Waals surface area contributed by atoms with E-state index in [1.165, 1.54) is 17.3 Å². The molecule has 5 nitrogen and oxygen atoms in total. The van der Waals surface area contributed by atoms with Gasteiger partial charge in [0.1, 0.15) is 5.69 Å². The molecule has 3 rings (SSSR count). The molecule has 2 aromatic carbocycles. The minimum Gasteiger partial charge on any atom is -0.352 e. The van der Waals surface area contributed by atoms with Gasteiger partial charge >= 0.3 is 0 Å². The lowest BCUT2D eigenvalue weighted by Gasteiger charge is -2.07. The average molecular weight is 373 g/mol. The van der Waals surface area contributed by atoms with E-state index in [1.807, 2.05) is 60.7 Å². The van der Waals surface area contributed by atoms with Gasteiger partial charge in [0.15, 0.2) is 0 Å². The van der Waals surface area contributed by atoms with Crippen LogP contribution in [0.1, 0.15) is 32.0 Å². The van der Waals surface area contributed by atoms with Crippen LogP contribution < -0.4 is 10.6 Å². The zero-order valence-corrected chi connectivity index (χ0v) is 15.6. The van der Waals surface area contributed by atoms with Crippen molar-refractivity contribution in [2.45, 2.75) is 12.8 Å². The number of hydrogen-bond acceptors (Lipinski definition) is 3. The van der Waals surface area contributed by atoms with E-state index in [2.05, 4.69) is 15.6 Å². The summed E-state index contributed by atoms with van der Waals surface area (Å²) in [5, 5.41) is 5.72. The first kappa shape index (κ1) is 19.3. The first-order valence-corrected chi connectivity index (χ1v) is 9.32. The van der Waals surface area contributed by atoms with Gasteiger partial charge in [0, 0.05) is 19.3 Å². The highest BCUT2D eigenvalue weighted by Crippen LogP contribution is 2.03. The second kappa shape index (κ2) is 10.0. The van der Waals surface area contributed by atoms with Crippen LogP contribution in [-0.2, 0) is 12.8 Å². The van der Waals surface area contributed by atoms with E-state index in [0.717, 1.165) is 12.8 Å². The number of nitrogens with one attached hydrogen (secondary N) is 2. The van der Waals surface area contributed by atoms with Gasteiger partial charge in [-0.1, -0.05) is 60.7 Å². The Balaban J connectivity index is 1.44. The minimum absolute atomic E-state index is 0.195. The lowest BCUT2D eigenvalue weighted by molar-refractivity contribution is 0.0938. The van der Waals surface area contributed by atoms with Gasteiger partial charge < -0.3 is 10.6 Å². The summed E-state index contributed by atoms with van der Waals surface area (Å²) >= 11 is 0. The summed E-state index contributed by atoms with van der Waals surface area (Å²) in [6.45, 7) is 1.08. The van der Waals surface area contributed by atoms with Crippen molar-refractivity contribution < 1.29 is 9.59 Å². The standard InChI is InChI=1S/C23H23N3O2/c27-22(24-15-13-18-7-3-1-4-8-18)20-11-12-21(26-17-20)23(28)25-16-14-19-9-5-2-6-10-19/h1-12,17H,13-16H2,(H,24,27)(H,25,28). The molecule has 142 valence electrons. The normalized spacial score (nSPS) is 10.3. The molecular weight excluding hydrogens is 350 g/mol. The van der Waals surface area contributed by atoms with Crippen LogP contribution in [0.4, 0.5) is 0 Å². The molecule has 0 saturated heterocycles. The Bertz CT molecular complexity index is 818. The Hall–Kier alpha value is -3.47. The molecular formula is C23H23N3O2. The van der Waals surface area contributed by atoms with Crippen LogP contribution in [0.2, 0.25) is 0 Å². The van der Waals surface area contributed by atoms with Crippen molar-refractivity contribution in [1.29, 1.82) is 0 Å². The second-order valence-electron chi connectivity index (χ2n) is 6.42. The lowest BCUT2D eigenvalue weighted by atomic mass is 10.1. The van der Waals surface area contributed by atoms with Gasteiger partial charge in [-0.05, 0) is 36.1 Å². The predicted octanol–water partition coefficient (Wildman–Crippen LogP) is 3.03. The van der Waals surface area contributed by atoms with E-state index in [0.29, 0.717) is 24.3 Å². The largest absolute Gasteiger partial charge is 0.352 e. The zero-order chi connectivity index (χ0) is 19.6. The lowest BCUT2D eigenvalue weighted by Crippen LogP contribution is -2.28. The minimum atomic E-state index is -0.244. The molecule has 0 fully saturated rings. The Morgan fingerprint density at radius 2 is 1.21 bits per heavy atom. The summed E-state index contributed by atoms with van der Waals surface area (Å²) in [5.41, 5.74) is 3.07. The third kappa shape index (κ3) is 5.77. The molecule has 0 spiro atoms. The summed E-state index contributed by atoms with van der Waals surface area (Å²) in [5.74, 6) is -0.438. The quantitative estimate of drug-likeness (QED) is 0.638. The number of nitrogens with zero attached hydrogens (tertiary/aromatic N) is 1. The number of rotatable bonds is 8. The highest BCUT2D eigenvalue weighted by Gasteiger charge is 2.10. The summed E-state index contributed by atoms with van der Waals surface area (Å²) < 4.78 is 0. The molecule has 0 aliphatic carbocycles. The maximum absolute atomic E-state index is 12.2. The van der Waals surface area contributed by atoms with Gasteiger partial charge in [0.2, 0.25) is 0 Å². The Labute approximate surface area is 164 Å². The smallest absolute Gasteiger partial charge is 0.269 e. The molecule has 0 unspecified atom stereocenters. The van der Waals surface area contributed by atoms with Gasteiger partial charge in [0.05, 0.1) is 5.56 Å². The average Bonchev–Trinajstić information content (AvgIpc) is 2.75. The van der Waals surface area contributed by atoms with Crippen LogP contribution in [0.5, 0.6) is 0 Å². The molecule has 0 aliphatic heterocycles. The van der Waals surface area contributed by atoms with Gasteiger partial charge in [-0.15, -0.1) is 0 Å². The number of carbonyl (C=O) groups excluding carboxylic acids is 2. The molecule has 0 bridgehead atoms. The van der Waals surface area contributed by atoms with E-state index < -0.39 is 0 Å². The van der Waals surface area contributed by atoms with Gasteiger partial charge in [0.25, 0.3) is 11.8 Å². The van der Waals surface area contributed by atoms with Crippen LogP contribution in [0.3, 0.4) is 0 Å². The summed E-state index contributed by atoms with van der Waals surface area (Å²) in [6.07, 6.45) is 2.96. The number of benzene rings is 2. The Morgan fingerprint density at radius 1 is 0.679 bits per heavy atom. The molecule has 3 aromatic rings. The van der Waals surface area contributed by atoms with E-state index in [9.17, 15) is 9.59 Å². The van der Waals surface area contributed by atoms with Gasteiger partial charge in [-0.2, -0.15) is 0 Å². The fraction of sp³-hybridized carbons (Fsp3) is 0.174.